The average molecular weight is 287 g/mol. The number of fused-ring (bicyclic) bond motifs is 1. The number of anilines is 1. The normalized spacial score (nSPS) is 17.4. The van der Waals surface area contributed by atoms with Crippen molar-refractivity contribution >= 4 is 23.1 Å². The van der Waals surface area contributed by atoms with Gasteiger partial charge in [0.15, 0.2) is 0 Å². The van der Waals surface area contributed by atoms with Gasteiger partial charge in [-0.05, 0) is 48.4 Å². The zero-order chi connectivity index (χ0) is 13.9. The van der Waals surface area contributed by atoms with Gasteiger partial charge in [0, 0.05) is 11.9 Å². The molecule has 0 bridgehead atoms. The summed E-state index contributed by atoms with van der Waals surface area (Å²) in [6.07, 6.45) is 3.26. The SMILES string of the molecule is CNc1cccc(C(=O)NC2CCCc3sccc32)n1. The molecule has 2 aromatic heterocycles. The zero-order valence-electron chi connectivity index (χ0n) is 11.3. The number of nitrogens with zero attached hydrogens (tertiary/aromatic N) is 1. The fraction of sp³-hybridized carbons (Fsp3) is 0.333. The van der Waals surface area contributed by atoms with Gasteiger partial charge >= 0.3 is 0 Å². The van der Waals surface area contributed by atoms with Crippen molar-refractivity contribution in [2.45, 2.75) is 25.3 Å². The second-order valence-electron chi connectivity index (χ2n) is 4.88. The molecule has 0 saturated heterocycles. The largest absolute Gasteiger partial charge is 0.373 e. The van der Waals surface area contributed by atoms with E-state index in [2.05, 4.69) is 27.1 Å². The van der Waals surface area contributed by atoms with Crippen molar-refractivity contribution in [1.82, 2.24) is 10.3 Å². The minimum atomic E-state index is -0.105. The van der Waals surface area contributed by atoms with Crippen molar-refractivity contribution in [3.8, 4) is 0 Å². The molecule has 4 nitrogen and oxygen atoms in total. The molecule has 5 heteroatoms. The van der Waals surface area contributed by atoms with Crippen LogP contribution >= 0.6 is 11.3 Å². The lowest BCUT2D eigenvalue weighted by atomic mass is 9.94. The molecule has 3 rings (SSSR count). The third kappa shape index (κ3) is 2.54. The number of aryl methyl sites for hydroxylation is 1. The van der Waals surface area contributed by atoms with Gasteiger partial charge in [0.05, 0.1) is 6.04 Å². The van der Waals surface area contributed by atoms with Gasteiger partial charge in [-0.25, -0.2) is 4.98 Å². The number of amides is 1. The lowest BCUT2D eigenvalue weighted by molar-refractivity contribution is 0.0928. The van der Waals surface area contributed by atoms with Gasteiger partial charge < -0.3 is 10.6 Å². The number of nitrogens with one attached hydrogen (secondary N) is 2. The third-order valence-electron chi connectivity index (χ3n) is 3.60. The minimum Gasteiger partial charge on any atom is -0.373 e. The Balaban J connectivity index is 1.77. The van der Waals surface area contributed by atoms with E-state index in [4.69, 9.17) is 0 Å². The summed E-state index contributed by atoms with van der Waals surface area (Å²) in [5, 5.41) is 8.16. The van der Waals surface area contributed by atoms with Crippen LogP contribution in [0.15, 0.2) is 29.6 Å². The summed E-state index contributed by atoms with van der Waals surface area (Å²) < 4.78 is 0. The molecule has 1 aliphatic carbocycles. The molecule has 0 radical (unpaired) electrons. The van der Waals surface area contributed by atoms with E-state index < -0.39 is 0 Å². The number of thiophene rings is 1. The highest BCUT2D eigenvalue weighted by Gasteiger charge is 2.23. The van der Waals surface area contributed by atoms with Crippen LogP contribution in [-0.4, -0.2) is 17.9 Å². The van der Waals surface area contributed by atoms with Crippen molar-refractivity contribution in [2.24, 2.45) is 0 Å². The molecule has 0 saturated carbocycles. The molecule has 2 heterocycles. The molecular weight excluding hydrogens is 270 g/mol. The van der Waals surface area contributed by atoms with Gasteiger partial charge in [0.2, 0.25) is 0 Å². The summed E-state index contributed by atoms with van der Waals surface area (Å²) in [5.41, 5.74) is 1.73. The number of carbonyl (C=O) groups excluding carboxylic acids is 1. The summed E-state index contributed by atoms with van der Waals surface area (Å²) in [5.74, 6) is 0.601. The van der Waals surface area contributed by atoms with E-state index in [1.54, 1.807) is 24.5 Å². The van der Waals surface area contributed by atoms with Gasteiger partial charge in [-0.1, -0.05) is 6.07 Å². The first-order chi connectivity index (χ1) is 9.78. The number of aromatic nitrogens is 1. The topological polar surface area (TPSA) is 54.0 Å². The molecular formula is C15H17N3OS. The highest BCUT2D eigenvalue weighted by atomic mass is 32.1. The second-order valence-corrected chi connectivity index (χ2v) is 5.88. The van der Waals surface area contributed by atoms with E-state index in [9.17, 15) is 4.79 Å². The second kappa shape index (κ2) is 5.63. The molecule has 2 aromatic rings. The first-order valence-corrected chi connectivity index (χ1v) is 7.68. The fourth-order valence-corrected chi connectivity index (χ4v) is 3.56. The highest BCUT2D eigenvalue weighted by Crippen LogP contribution is 2.33. The predicted molar refractivity (Wildman–Crippen MR) is 81.2 cm³/mol. The highest BCUT2D eigenvalue weighted by molar-refractivity contribution is 7.10. The van der Waals surface area contributed by atoms with Crippen LogP contribution in [0.1, 0.15) is 39.8 Å². The minimum absolute atomic E-state index is 0.105. The molecule has 1 atom stereocenters. The van der Waals surface area contributed by atoms with Crippen LogP contribution in [0.25, 0.3) is 0 Å². The maximum absolute atomic E-state index is 12.3. The molecule has 0 spiro atoms. The van der Waals surface area contributed by atoms with Crippen LogP contribution in [0.3, 0.4) is 0 Å². The molecule has 104 valence electrons. The molecule has 0 fully saturated rings. The molecule has 1 amide bonds. The quantitative estimate of drug-likeness (QED) is 0.912. The standard InChI is InChI=1S/C15H17N3OS/c1-16-14-7-3-5-12(17-14)15(19)18-11-4-2-6-13-10(11)8-9-20-13/h3,5,7-9,11H,2,4,6H2,1H3,(H,16,17)(H,18,19). The molecule has 1 aliphatic rings. The Morgan fingerprint density at radius 3 is 3.15 bits per heavy atom. The molecule has 0 aliphatic heterocycles. The Bertz CT molecular complexity index is 623. The van der Waals surface area contributed by atoms with Crippen LogP contribution < -0.4 is 10.6 Å². The number of carbonyl (C=O) groups is 1. The van der Waals surface area contributed by atoms with Gasteiger partial charge in [0.1, 0.15) is 11.5 Å². The van der Waals surface area contributed by atoms with Gasteiger partial charge in [0.25, 0.3) is 5.91 Å². The van der Waals surface area contributed by atoms with Crippen LogP contribution in [0, 0.1) is 0 Å². The molecule has 0 aromatic carbocycles. The number of pyridine rings is 1. The van der Waals surface area contributed by atoms with E-state index >= 15 is 0 Å². The van der Waals surface area contributed by atoms with Gasteiger partial charge in [-0.2, -0.15) is 0 Å². The van der Waals surface area contributed by atoms with E-state index in [1.165, 1.54) is 10.4 Å². The summed E-state index contributed by atoms with van der Waals surface area (Å²) in [4.78, 5) is 18.0. The Hall–Kier alpha value is -1.88. The molecule has 1 unspecified atom stereocenters. The van der Waals surface area contributed by atoms with Crippen LogP contribution in [0.5, 0.6) is 0 Å². The zero-order valence-corrected chi connectivity index (χ0v) is 12.2. The Labute approximate surface area is 122 Å². The maximum Gasteiger partial charge on any atom is 0.270 e. The summed E-state index contributed by atoms with van der Waals surface area (Å²) in [6, 6.07) is 7.67. The van der Waals surface area contributed by atoms with Gasteiger partial charge in [-0.3, -0.25) is 4.79 Å². The summed E-state index contributed by atoms with van der Waals surface area (Å²) >= 11 is 1.78. The van der Waals surface area contributed by atoms with E-state index in [0.29, 0.717) is 11.5 Å². The number of hydrogen-bond acceptors (Lipinski definition) is 4. The molecule has 2 N–H and O–H groups in total. The smallest absolute Gasteiger partial charge is 0.270 e. The maximum atomic E-state index is 12.3. The van der Waals surface area contributed by atoms with E-state index in [-0.39, 0.29) is 11.9 Å². The van der Waals surface area contributed by atoms with Gasteiger partial charge in [-0.15, -0.1) is 11.3 Å². The lowest BCUT2D eigenvalue weighted by Crippen LogP contribution is -2.31. The van der Waals surface area contributed by atoms with E-state index in [0.717, 1.165) is 19.3 Å². The third-order valence-corrected chi connectivity index (χ3v) is 4.59. The lowest BCUT2D eigenvalue weighted by Gasteiger charge is -2.23. The average Bonchev–Trinajstić information content (AvgIpc) is 2.97. The monoisotopic (exact) mass is 287 g/mol. The summed E-state index contributed by atoms with van der Waals surface area (Å²) in [7, 11) is 1.79. The van der Waals surface area contributed by atoms with Crippen molar-refractivity contribution in [1.29, 1.82) is 0 Å². The van der Waals surface area contributed by atoms with E-state index in [1.807, 2.05) is 12.1 Å². The van der Waals surface area contributed by atoms with Crippen molar-refractivity contribution in [3.63, 3.8) is 0 Å². The molecule has 20 heavy (non-hydrogen) atoms. The fourth-order valence-electron chi connectivity index (χ4n) is 2.57. The van der Waals surface area contributed by atoms with Crippen molar-refractivity contribution in [3.05, 3.63) is 45.8 Å². The first-order valence-electron chi connectivity index (χ1n) is 6.80. The number of hydrogen-bond donors (Lipinski definition) is 2. The Kier molecular flexibility index (Phi) is 3.69. The van der Waals surface area contributed by atoms with Crippen LogP contribution in [-0.2, 0) is 6.42 Å². The van der Waals surface area contributed by atoms with Crippen molar-refractivity contribution < 1.29 is 4.79 Å². The van der Waals surface area contributed by atoms with Crippen LogP contribution in [0.2, 0.25) is 0 Å². The van der Waals surface area contributed by atoms with Crippen molar-refractivity contribution in [2.75, 3.05) is 12.4 Å². The first kappa shape index (κ1) is 13.1. The predicted octanol–water partition coefficient (Wildman–Crippen LogP) is 2.99. The Morgan fingerprint density at radius 1 is 1.40 bits per heavy atom. The summed E-state index contributed by atoms with van der Waals surface area (Å²) in [6.45, 7) is 0. The number of rotatable bonds is 3. The van der Waals surface area contributed by atoms with Crippen LogP contribution in [0.4, 0.5) is 5.82 Å². The Morgan fingerprint density at radius 2 is 2.30 bits per heavy atom.